The van der Waals surface area contributed by atoms with Crippen molar-refractivity contribution in [2.75, 3.05) is 12.9 Å². The molecule has 154 valence electrons. The van der Waals surface area contributed by atoms with Crippen LogP contribution in [0.5, 0.6) is 0 Å². The van der Waals surface area contributed by atoms with Gasteiger partial charge in [-0.15, -0.1) is 0 Å². The fourth-order valence-electron chi connectivity index (χ4n) is 2.17. The number of ether oxygens (including phenoxy) is 1. The molecule has 0 spiro atoms. The zero-order valence-electron chi connectivity index (χ0n) is 14.7. The second-order valence-electron chi connectivity index (χ2n) is 5.99. The molecule has 0 saturated carbocycles. The molecule has 1 N–H and O–H groups in total. The SMILES string of the molecule is CS(=O)(=O)c1ccc(S(=O)(=O)NCc2ccc(COCC(F)(F)F)cc2)cc1. The first kappa shape index (κ1) is 22.3. The summed E-state index contributed by atoms with van der Waals surface area (Å²) in [6.45, 7) is -1.59. The number of hydrogen-bond donors (Lipinski definition) is 1. The summed E-state index contributed by atoms with van der Waals surface area (Å²) in [5.41, 5.74) is 1.11. The minimum Gasteiger partial charge on any atom is -0.367 e. The van der Waals surface area contributed by atoms with Gasteiger partial charge in [-0.3, -0.25) is 0 Å². The van der Waals surface area contributed by atoms with Gasteiger partial charge < -0.3 is 4.74 Å². The van der Waals surface area contributed by atoms with Gasteiger partial charge in [0.1, 0.15) is 6.61 Å². The molecule has 0 aliphatic carbocycles. The summed E-state index contributed by atoms with van der Waals surface area (Å²) in [7, 11) is -7.28. The third-order valence-corrected chi connectivity index (χ3v) is 6.13. The van der Waals surface area contributed by atoms with E-state index in [1.54, 1.807) is 24.3 Å². The fourth-order valence-corrected chi connectivity index (χ4v) is 3.81. The van der Waals surface area contributed by atoms with Gasteiger partial charge in [0.15, 0.2) is 9.84 Å². The highest BCUT2D eigenvalue weighted by Crippen LogP contribution is 2.17. The van der Waals surface area contributed by atoms with Gasteiger partial charge >= 0.3 is 6.18 Å². The van der Waals surface area contributed by atoms with Gasteiger partial charge in [-0.1, -0.05) is 24.3 Å². The number of sulfone groups is 1. The van der Waals surface area contributed by atoms with Crippen LogP contribution in [0.1, 0.15) is 11.1 Å². The van der Waals surface area contributed by atoms with Gasteiger partial charge in [0.05, 0.1) is 16.4 Å². The van der Waals surface area contributed by atoms with Crippen molar-refractivity contribution in [1.29, 1.82) is 0 Å². The van der Waals surface area contributed by atoms with Crippen molar-refractivity contribution < 1.29 is 34.7 Å². The van der Waals surface area contributed by atoms with Crippen LogP contribution >= 0.6 is 0 Å². The predicted molar refractivity (Wildman–Crippen MR) is 95.7 cm³/mol. The molecule has 11 heteroatoms. The van der Waals surface area contributed by atoms with Gasteiger partial charge in [-0.05, 0) is 35.4 Å². The van der Waals surface area contributed by atoms with E-state index < -0.39 is 32.6 Å². The lowest BCUT2D eigenvalue weighted by Gasteiger charge is -2.09. The summed E-state index contributed by atoms with van der Waals surface area (Å²) in [6.07, 6.45) is -3.37. The van der Waals surface area contributed by atoms with Crippen molar-refractivity contribution in [3.05, 3.63) is 59.7 Å². The standard InChI is InChI=1S/C17H18F3NO5S2/c1-27(22,23)15-6-8-16(9-7-15)28(24,25)21-10-13-2-4-14(5-3-13)11-26-12-17(18,19)20/h2-9,21H,10-12H2,1H3. The lowest BCUT2D eigenvalue weighted by atomic mass is 10.1. The summed E-state index contributed by atoms with van der Waals surface area (Å²) in [5.74, 6) is 0. The average Bonchev–Trinajstić information content (AvgIpc) is 2.59. The van der Waals surface area contributed by atoms with E-state index in [2.05, 4.69) is 9.46 Å². The molecule has 28 heavy (non-hydrogen) atoms. The molecular weight excluding hydrogens is 419 g/mol. The van der Waals surface area contributed by atoms with Gasteiger partial charge in [0, 0.05) is 12.8 Å². The number of alkyl halides is 3. The Labute approximate surface area is 161 Å². The quantitative estimate of drug-likeness (QED) is 0.686. The maximum atomic E-state index is 12.3. The number of rotatable bonds is 8. The molecule has 2 aromatic rings. The summed E-state index contributed by atoms with van der Waals surface area (Å²) in [5, 5.41) is 0. The molecular formula is C17H18F3NO5S2. The van der Waals surface area contributed by atoms with Crippen molar-refractivity contribution in [2.24, 2.45) is 0 Å². The number of halogens is 3. The Balaban J connectivity index is 1.95. The van der Waals surface area contributed by atoms with E-state index in [0.29, 0.717) is 11.1 Å². The Hall–Kier alpha value is -1.95. The molecule has 0 aliphatic rings. The van der Waals surface area contributed by atoms with Crippen LogP contribution < -0.4 is 4.72 Å². The first-order chi connectivity index (χ1) is 12.9. The van der Waals surface area contributed by atoms with Crippen LogP contribution in [0.3, 0.4) is 0 Å². The van der Waals surface area contributed by atoms with Crippen molar-refractivity contribution >= 4 is 19.9 Å². The Morgan fingerprint density at radius 3 is 1.86 bits per heavy atom. The zero-order valence-corrected chi connectivity index (χ0v) is 16.4. The zero-order chi connectivity index (χ0) is 21.0. The molecule has 0 bridgehead atoms. The number of nitrogens with one attached hydrogen (secondary N) is 1. The van der Waals surface area contributed by atoms with Crippen molar-refractivity contribution in [3.8, 4) is 0 Å². The summed E-state index contributed by atoms with van der Waals surface area (Å²) in [6, 6.07) is 11.0. The van der Waals surface area contributed by atoms with Gasteiger partial charge in [0.25, 0.3) is 0 Å². The molecule has 0 amide bonds. The van der Waals surface area contributed by atoms with Crippen molar-refractivity contribution in [3.63, 3.8) is 0 Å². The average molecular weight is 437 g/mol. The Bertz CT molecular complexity index is 1000. The molecule has 2 aromatic carbocycles. The van der Waals surface area contributed by atoms with E-state index in [9.17, 15) is 30.0 Å². The molecule has 0 aromatic heterocycles. The molecule has 0 radical (unpaired) electrons. The van der Waals surface area contributed by atoms with Crippen LogP contribution in [0.4, 0.5) is 13.2 Å². The first-order valence-corrected chi connectivity index (χ1v) is 11.3. The molecule has 0 heterocycles. The van der Waals surface area contributed by atoms with E-state index in [1.165, 1.54) is 24.3 Å². The van der Waals surface area contributed by atoms with E-state index in [4.69, 9.17) is 0 Å². The predicted octanol–water partition coefficient (Wildman–Crippen LogP) is 2.65. The van der Waals surface area contributed by atoms with Gasteiger partial charge in [-0.25, -0.2) is 21.6 Å². The second kappa shape index (κ2) is 8.60. The fraction of sp³-hybridized carbons (Fsp3) is 0.294. The van der Waals surface area contributed by atoms with E-state index in [-0.39, 0.29) is 22.9 Å². The third-order valence-electron chi connectivity index (χ3n) is 3.59. The topological polar surface area (TPSA) is 89.5 Å². The molecule has 0 atom stereocenters. The van der Waals surface area contributed by atoms with E-state index in [0.717, 1.165) is 6.26 Å². The molecule has 0 fully saturated rings. The Kier molecular flexibility index (Phi) is 6.86. The maximum Gasteiger partial charge on any atom is 0.411 e. The molecule has 0 aliphatic heterocycles. The molecule has 0 saturated heterocycles. The minimum atomic E-state index is -4.39. The van der Waals surface area contributed by atoms with Crippen LogP contribution in [-0.4, -0.2) is 35.9 Å². The van der Waals surface area contributed by atoms with Crippen LogP contribution in [0.2, 0.25) is 0 Å². The largest absolute Gasteiger partial charge is 0.411 e. The summed E-state index contributed by atoms with van der Waals surface area (Å²) >= 11 is 0. The first-order valence-electron chi connectivity index (χ1n) is 7.89. The normalized spacial score (nSPS) is 12.9. The summed E-state index contributed by atoms with van der Waals surface area (Å²) < 4.78 is 90.4. The van der Waals surface area contributed by atoms with E-state index in [1.807, 2.05) is 0 Å². The molecule has 6 nitrogen and oxygen atoms in total. The number of hydrogen-bond acceptors (Lipinski definition) is 5. The summed E-state index contributed by atoms with van der Waals surface area (Å²) in [4.78, 5) is -0.0770. The van der Waals surface area contributed by atoms with Crippen molar-refractivity contribution in [1.82, 2.24) is 4.72 Å². The van der Waals surface area contributed by atoms with Crippen molar-refractivity contribution in [2.45, 2.75) is 29.1 Å². The Morgan fingerprint density at radius 1 is 0.857 bits per heavy atom. The highest BCUT2D eigenvalue weighted by atomic mass is 32.2. The van der Waals surface area contributed by atoms with Crippen LogP contribution in [0.25, 0.3) is 0 Å². The molecule has 0 unspecified atom stereocenters. The highest BCUT2D eigenvalue weighted by Gasteiger charge is 2.27. The Morgan fingerprint density at radius 2 is 1.36 bits per heavy atom. The smallest absolute Gasteiger partial charge is 0.367 e. The van der Waals surface area contributed by atoms with Gasteiger partial charge in [-0.2, -0.15) is 13.2 Å². The second-order valence-corrected chi connectivity index (χ2v) is 9.78. The van der Waals surface area contributed by atoms with Crippen LogP contribution in [-0.2, 0) is 37.7 Å². The van der Waals surface area contributed by atoms with Crippen LogP contribution in [0, 0.1) is 0 Å². The van der Waals surface area contributed by atoms with E-state index >= 15 is 0 Å². The lowest BCUT2D eigenvalue weighted by molar-refractivity contribution is -0.176. The minimum absolute atomic E-state index is 0.00906. The van der Waals surface area contributed by atoms with Gasteiger partial charge in [0.2, 0.25) is 10.0 Å². The number of benzene rings is 2. The third kappa shape index (κ3) is 6.89. The van der Waals surface area contributed by atoms with Crippen LogP contribution in [0.15, 0.2) is 58.3 Å². The lowest BCUT2D eigenvalue weighted by Crippen LogP contribution is -2.23. The maximum absolute atomic E-state index is 12.3. The molecule has 2 rings (SSSR count). The monoisotopic (exact) mass is 437 g/mol. The number of sulfonamides is 1. The highest BCUT2D eigenvalue weighted by molar-refractivity contribution is 7.90.